The Kier molecular flexibility index (Phi) is 6.32. The number of hydrogen-bond donors (Lipinski definition) is 1. The van der Waals surface area contributed by atoms with Crippen molar-refractivity contribution in [2.24, 2.45) is 0 Å². The van der Waals surface area contributed by atoms with Gasteiger partial charge in [0.25, 0.3) is 0 Å². The number of nitrogens with zero attached hydrogens (tertiary/aromatic N) is 2. The van der Waals surface area contributed by atoms with Gasteiger partial charge in [0.2, 0.25) is 5.91 Å². The van der Waals surface area contributed by atoms with Gasteiger partial charge in [0.15, 0.2) is 0 Å². The van der Waals surface area contributed by atoms with E-state index in [1.54, 1.807) is 11.9 Å². The number of rotatable bonds is 6. The molecule has 3 aromatic carbocycles. The average molecular weight is 414 g/mol. The minimum Gasteiger partial charge on any atom is -0.334 e. The molecule has 0 spiro atoms. The first kappa shape index (κ1) is 20.7. The monoisotopic (exact) mass is 413 g/mol. The van der Waals surface area contributed by atoms with Gasteiger partial charge in [-0.25, -0.2) is 4.79 Å². The molecule has 0 unspecified atom stereocenters. The molecule has 5 heteroatoms. The fourth-order valence-electron chi connectivity index (χ4n) is 3.95. The van der Waals surface area contributed by atoms with Gasteiger partial charge in [-0.3, -0.25) is 4.79 Å². The molecule has 1 saturated heterocycles. The highest BCUT2D eigenvalue weighted by Gasteiger charge is 2.21. The molecule has 1 aliphatic heterocycles. The number of carbonyl (C=O) groups is 2. The third-order valence-electron chi connectivity index (χ3n) is 5.60. The highest BCUT2D eigenvalue weighted by molar-refractivity contribution is 5.95. The van der Waals surface area contributed by atoms with Crippen molar-refractivity contribution in [1.29, 1.82) is 0 Å². The van der Waals surface area contributed by atoms with E-state index >= 15 is 0 Å². The first-order valence-electron chi connectivity index (χ1n) is 10.6. The molecule has 3 aromatic rings. The molecule has 158 valence electrons. The third kappa shape index (κ3) is 4.94. The van der Waals surface area contributed by atoms with Crippen molar-refractivity contribution in [3.63, 3.8) is 0 Å². The van der Waals surface area contributed by atoms with E-state index in [2.05, 4.69) is 29.6 Å². The molecule has 4 rings (SSSR count). The average Bonchev–Trinajstić information content (AvgIpc) is 3.24. The van der Waals surface area contributed by atoms with Gasteiger partial charge in [0, 0.05) is 38.8 Å². The van der Waals surface area contributed by atoms with Gasteiger partial charge < -0.3 is 15.1 Å². The number of anilines is 1. The Morgan fingerprint density at radius 1 is 1.00 bits per heavy atom. The Bertz CT molecular complexity index is 1070. The zero-order chi connectivity index (χ0) is 21.6. The lowest BCUT2D eigenvalue weighted by molar-refractivity contribution is -0.117. The zero-order valence-corrected chi connectivity index (χ0v) is 17.8. The second kappa shape index (κ2) is 9.47. The van der Waals surface area contributed by atoms with Crippen molar-refractivity contribution < 1.29 is 9.59 Å². The third-order valence-corrected chi connectivity index (χ3v) is 5.60. The summed E-state index contributed by atoms with van der Waals surface area (Å²) in [4.78, 5) is 28.2. The molecule has 0 radical (unpaired) electrons. The maximum Gasteiger partial charge on any atom is 0.317 e. The molecule has 0 aliphatic carbocycles. The van der Waals surface area contributed by atoms with Crippen LogP contribution < -0.4 is 10.2 Å². The van der Waals surface area contributed by atoms with Crippen molar-refractivity contribution in [2.45, 2.75) is 25.9 Å². The Balaban J connectivity index is 1.39. The van der Waals surface area contributed by atoms with Crippen LogP contribution in [0, 0.1) is 0 Å². The Hall–Kier alpha value is -3.60. The summed E-state index contributed by atoms with van der Waals surface area (Å²) in [6.07, 6.45) is 1.51. The molecule has 31 heavy (non-hydrogen) atoms. The van der Waals surface area contributed by atoms with Crippen LogP contribution in [-0.2, 0) is 17.9 Å². The van der Waals surface area contributed by atoms with E-state index in [1.807, 2.05) is 59.5 Å². The molecule has 3 amide bonds. The molecule has 1 fully saturated rings. The smallest absolute Gasteiger partial charge is 0.317 e. The molecule has 5 nitrogen and oxygen atoms in total. The topological polar surface area (TPSA) is 52.7 Å². The van der Waals surface area contributed by atoms with E-state index in [1.165, 1.54) is 0 Å². The fourth-order valence-corrected chi connectivity index (χ4v) is 3.95. The zero-order valence-electron chi connectivity index (χ0n) is 17.8. The Morgan fingerprint density at radius 2 is 1.77 bits per heavy atom. The van der Waals surface area contributed by atoms with Crippen LogP contribution >= 0.6 is 0 Å². The van der Waals surface area contributed by atoms with Gasteiger partial charge in [-0.15, -0.1) is 0 Å². The van der Waals surface area contributed by atoms with Crippen molar-refractivity contribution in [3.05, 3.63) is 90.0 Å². The lowest BCUT2D eigenvalue weighted by Gasteiger charge is -2.21. The number of urea groups is 1. The highest BCUT2D eigenvalue weighted by atomic mass is 16.2. The van der Waals surface area contributed by atoms with Crippen molar-refractivity contribution in [3.8, 4) is 11.1 Å². The first-order valence-corrected chi connectivity index (χ1v) is 10.6. The van der Waals surface area contributed by atoms with Crippen LogP contribution in [0.5, 0.6) is 0 Å². The predicted molar refractivity (Wildman–Crippen MR) is 124 cm³/mol. The van der Waals surface area contributed by atoms with E-state index in [0.29, 0.717) is 19.5 Å². The predicted octanol–water partition coefficient (Wildman–Crippen LogP) is 4.82. The molecular formula is C26H27N3O2. The van der Waals surface area contributed by atoms with E-state index < -0.39 is 0 Å². The van der Waals surface area contributed by atoms with Crippen LogP contribution in [0.2, 0.25) is 0 Å². The maximum absolute atomic E-state index is 12.7. The van der Waals surface area contributed by atoms with Gasteiger partial charge >= 0.3 is 6.03 Å². The quantitative estimate of drug-likeness (QED) is 0.630. The molecule has 0 saturated carbocycles. The van der Waals surface area contributed by atoms with Gasteiger partial charge in [-0.1, -0.05) is 66.7 Å². The van der Waals surface area contributed by atoms with Gasteiger partial charge in [-0.2, -0.15) is 0 Å². The lowest BCUT2D eigenvalue weighted by Crippen LogP contribution is -2.36. The molecule has 0 bridgehead atoms. The largest absolute Gasteiger partial charge is 0.334 e. The number of benzene rings is 3. The van der Waals surface area contributed by atoms with Crippen LogP contribution in [0.1, 0.15) is 24.0 Å². The summed E-state index contributed by atoms with van der Waals surface area (Å²) in [6, 6.07) is 26.1. The van der Waals surface area contributed by atoms with Crippen molar-refractivity contribution in [2.75, 3.05) is 18.5 Å². The molecule has 0 atom stereocenters. The minimum atomic E-state index is -0.134. The van der Waals surface area contributed by atoms with Crippen LogP contribution in [-0.4, -0.2) is 30.4 Å². The summed E-state index contributed by atoms with van der Waals surface area (Å²) in [7, 11) is 1.80. The second-order valence-corrected chi connectivity index (χ2v) is 7.86. The van der Waals surface area contributed by atoms with Gasteiger partial charge in [-0.05, 0) is 40.8 Å². The van der Waals surface area contributed by atoms with Crippen LogP contribution in [0.4, 0.5) is 10.5 Å². The van der Waals surface area contributed by atoms with Crippen LogP contribution in [0.25, 0.3) is 11.1 Å². The molecule has 1 aliphatic rings. The van der Waals surface area contributed by atoms with Gasteiger partial charge in [0.05, 0.1) is 0 Å². The molecular weight excluding hydrogens is 386 g/mol. The normalized spacial score (nSPS) is 13.3. The van der Waals surface area contributed by atoms with E-state index in [4.69, 9.17) is 0 Å². The number of hydrogen-bond acceptors (Lipinski definition) is 2. The Morgan fingerprint density at radius 3 is 2.55 bits per heavy atom. The minimum absolute atomic E-state index is 0.134. The van der Waals surface area contributed by atoms with E-state index in [9.17, 15) is 9.59 Å². The molecule has 1 heterocycles. The van der Waals surface area contributed by atoms with Crippen molar-refractivity contribution >= 4 is 17.6 Å². The summed E-state index contributed by atoms with van der Waals surface area (Å²) < 4.78 is 0. The Labute approximate surface area is 183 Å². The maximum atomic E-state index is 12.7. The molecule has 1 N–H and O–H groups in total. The number of amides is 3. The van der Waals surface area contributed by atoms with E-state index in [0.717, 1.165) is 40.9 Å². The lowest BCUT2D eigenvalue weighted by atomic mass is 9.99. The van der Waals surface area contributed by atoms with Crippen molar-refractivity contribution in [1.82, 2.24) is 10.2 Å². The van der Waals surface area contributed by atoms with Gasteiger partial charge in [0.1, 0.15) is 0 Å². The number of carbonyl (C=O) groups excluding carboxylic acids is 2. The van der Waals surface area contributed by atoms with Crippen LogP contribution in [0.3, 0.4) is 0 Å². The SMILES string of the molecule is CN(Cc1ccccc1-c1ccccc1)C(=O)NCc1cccc(N2CCCC2=O)c1. The summed E-state index contributed by atoms with van der Waals surface area (Å²) in [5, 5.41) is 2.99. The highest BCUT2D eigenvalue weighted by Crippen LogP contribution is 2.25. The summed E-state index contributed by atoms with van der Waals surface area (Å²) in [5.74, 6) is 0.165. The second-order valence-electron chi connectivity index (χ2n) is 7.86. The summed E-state index contributed by atoms with van der Waals surface area (Å²) >= 11 is 0. The fraction of sp³-hybridized carbons (Fsp3) is 0.231. The molecule has 0 aromatic heterocycles. The summed E-state index contributed by atoms with van der Waals surface area (Å²) in [6.45, 7) is 1.69. The standard InChI is InChI=1S/C26H27N3O2/c1-28(19-22-12-5-6-14-24(22)21-10-3-2-4-11-21)26(31)27-18-20-9-7-13-23(17-20)29-16-8-15-25(29)30/h2-7,9-14,17H,8,15-16,18-19H2,1H3,(H,27,31). The van der Waals surface area contributed by atoms with Crippen LogP contribution in [0.15, 0.2) is 78.9 Å². The van der Waals surface area contributed by atoms with E-state index in [-0.39, 0.29) is 11.9 Å². The number of nitrogens with one attached hydrogen (secondary N) is 1. The first-order chi connectivity index (χ1) is 15.1. The summed E-state index contributed by atoms with van der Waals surface area (Å²) in [5.41, 5.74) is 5.25.